The van der Waals surface area contributed by atoms with Gasteiger partial charge in [0, 0.05) is 11.9 Å². The lowest BCUT2D eigenvalue weighted by molar-refractivity contribution is 0.0956. The van der Waals surface area contributed by atoms with Crippen LogP contribution in [0.5, 0.6) is 0 Å². The molecular formula is C19H21N3OS. The van der Waals surface area contributed by atoms with Crippen LogP contribution < -0.4 is 5.32 Å². The molecule has 0 atom stereocenters. The van der Waals surface area contributed by atoms with Crippen molar-refractivity contribution in [3.05, 3.63) is 52.0 Å². The number of fused-ring (bicyclic) bond motifs is 1. The maximum absolute atomic E-state index is 12.3. The van der Waals surface area contributed by atoms with Gasteiger partial charge in [-0.25, -0.2) is 0 Å². The first-order chi connectivity index (χ1) is 11.6. The molecule has 1 aromatic carbocycles. The predicted octanol–water partition coefficient (Wildman–Crippen LogP) is 3.90. The van der Waals surface area contributed by atoms with E-state index in [9.17, 15) is 4.79 Å². The van der Waals surface area contributed by atoms with E-state index in [1.54, 1.807) is 0 Å². The monoisotopic (exact) mass is 339 g/mol. The standard InChI is InChI=1S/C19H21N3OS/c1-12-3-5-15(6-4-12)11-22-19-16(13(2)21-22)9-17(24-19)18(23)20-10-14-7-8-14/h3-6,9,14H,7-8,10-11H2,1-2H3,(H,20,23). The number of nitrogens with zero attached hydrogens (tertiary/aromatic N) is 2. The lowest BCUT2D eigenvalue weighted by Crippen LogP contribution is -2.24. The van der Waals surface area contributed by atoms with Crippen LogP contribution in [0.2, 0.25) is 0 Å². The smallest absolute Gasteiger partial charge is 0.261 e. The number of carbonyl (C=O) groups is 1. The van der Waals surface area contributed by atoms with Gasteiger partial charge in [0.05, 0.1) is 17.1 Å². The molecule has 4 rings (SSSR count). The average Bonchev–Trinajstić information content (AvgIpc) is 3.21. The molecule has 3 aromatic rings. The number of aryl methyl sites for hydroxylation is 2. The molecule has 1 aliphatic carbocycles. The number of carbonyl (C=O) groups excluding carboxylic acids is 1. The van der Waals surface area contributed by atoms with Gasteiger partial charge in [-0.05, 0) is 44.2 Å². The van der Waals surface area contributed by atoms with Crippen LogP contribution in [0.4, 0.5) is 0 Å². The fraction of sp³-hybridized carbons (Fsp3) is 0.368. The zero-order valence-corrected chi connectivity index (χ0v) is 14.8. The van der Waals surface area contributed by atoms with Gasteiger partial charge in [-0.1, -0.05) is 29.8 Å². The Labute approximate surface area is 145 Å². The number of amides is 1. The fourth-order valence-corrected chi connectivity index (χ4v) is 3.92. The highest BCUT2D eigenvalue weighted by molar-refractivity contribution is 7.20. The van der Waals surface area contributed by atoms with E-state index in [0.717, 1.165) is 33.9 Å². The van der Waals surface area contributed by atoms with Gasteiger partial charge in [0.25, 0.3) is 5.91 Å². The molecule has 0 radical (unpaired) electrons. The minimum absolute atomic E-state index is 0.0457. The van der Waals surface area contributed by atoms with E-state index in [2.05, 4.69) is 41.6 Å². The second-order valence-corrected chi connectivity index (χ2v) is 7.74. The van der Waals surface area contributed by atoms with Crippen molar-refractivity contribution < 1.29 is 4.79 Å². The Morgan fingerprint density at radius 2 is 2.04 bits per heavy atom. The third kappa shape index (κ3) is 3.08. The fourth-order valence-electron chi connectivity index (χ4n) is 2.84. The second kappa shape index (κ2) is 6.06. The van der Waals surface area contributed by atoms with Crippen LogP contribution in [0.25, 0.3) is 10.2 Å². The number of benzene rings is 1. The van der Waals surface area contributed by atoms with Crippen LogP contribution in [0.3, 0.4) is 0 Å². The van der Waals surface area contributed by atoms with E-state index in [1.165, 1.54) is 35.3 Å². The number of rotatable bonds is 5. The summed E-state index contributed by atoms with van der Waals surface area (Å²) < 4.78 is 2.01. The highest BCUT2D eigenvalue weighted by Crippen LogP contribution is 2.30. The summed E-state index contributed by atoms with van der Waals surface area (Å²) in [4.78, 5) is 14.2. The van der Waals surface area contributed by atoms with Crippen molar-refractivity contribution in [1.82, 2.24) is 15.1 Å². The zero-order valence-electron chi connectivity index (χ0n) is 14.0. The summed E-state index contributed by atoms with van der Waals surface area (Å²) in [6.45, 7) is 5.63. The second-order valence-electron chi connectivity index (χ2n) is 6.71. The van der Waals surface area contributed by atoms with Gasteiger partial charge in [-0.15, -0.1) is 11.3 Å². The minimum Gasteiger partial charge on any atom is -0.351 e. The first-order valence-corrected chi connectivity index (χ1v) is 9.22. The maximum atomic E-state index is 12.3. The predicted molar refractivity (Wildman–Crippen MR) is 97.7 cm³/mol. The normalized spacial score (nSPS) is 14.2. The summed E-state index contributed by atoms with van der Waals surface area (Å²) in [5.74, 6) is 0.742. The largest absolute Gasteiger partial charge is 0.351 e. The molecule has 1 aliphatic rings. The number of hydrogen-bond acceptors (Lipinski definition) is 3. The van der Waals surface area contributed by atoms with Crippen LogP contribution in [0.1, 0.15) is 39.3 Å². The van der Waals surface area contributed by atoms with Crippen molar-refractivity contribution in [2.45, 2.75) is 33.2 Å². The molecule has 5 heteroatoms. The van der Waals surface area contributed by atoms with Gasteiger partial charge in [-0.2, -0.15) is 5.10 Å². The van der Waals surface area contributed by atoms with Crippen molar-refractivity contribution in [2.24, 2.45) is 5.92 Å². The first kappa shape index (κ1) is 15.4. The maximum Gasteiger partial charge on any atom is 0.261 e. The quantitative estimate of drug-likeness (QED) is 0.766. The molecule has 1 saturated carbocycles. The molecular weight excluding hydrogens is 318 g/mol. The Morgan fingerprint density at radius 3 is 2.75 bits per heavy atom. The van der Waals surface area contributed by atoms with E-state index in [0.29, 0.717) is 5.92 Å². The summed E-state index contributed by atoms with van der Waals surface area (Å²) in [5, 5.41) is 8.78. The average molecular weight is 339 g/mol. The van der Waals surface area contributed by atoms with Gasteiger partial charge >= 0.3 is 0 Å². The van der Waals surface area contributed by atoms with Crippen molar-refractivity contribution >= 4 is 27.5 Å². The third-order valence-electron chi connectivity index (χ3n) is 4.53. The molecule has 0 bridgehead atoms. The number of hydrogen-bond donors (Lipinski definition) is 1. The molecule has 124 valence electrons. The van der Waals surface area contributed by atoms with E-state index in [4.69, 9.17) is 0 Å². The molecule has 1 N–H and O–H groups in total. The topological polar surface area (TPSA) is 46.9 Å². The van der Waals surface area contributed by atoms with E-state index in [-0.39, 0.29) is 5.91 Å². The Hall–Kier alpha value is -2.14. The van der Waals surface area contributed by atoms with Crippen molar-refractivity contribution in [3.63, 3.8) is 0 Å². The zero-order chi connectivity index (χ0) is 16.7. The molecule has 24 heavy (non-hydrogen) atoms. The number of nitrogens with one attached hydrogen (secondary N) is 1. The SMILES string of the molecule is Cc1ccc(Cn2nc(C)c3cc(C(=O)NCC4CC4)sc32)cc1. The van der Waals surface area contributed by atoms with Crippen LogP contribution in [-0.2, 0) is 6.54 Å². The summed E-state index contributed by atoms with van der Waals surface area (Å²) in [7, 11) is 0. The minimum atomic E-state index is 0.0457. The molecule has 4 nitrogen and oxygen atoms in total. The third-order valence-corrected chi connectivity index (χ3v) is 5.68. The molecule has 0 aliphatic heterocycles. The van der Waals surface area contributed by atoms with Crippen LogP contribution >= 0.6 is 11.3 Å². The molecule has 2 aromatic heterocycles. The van der Waals surface area contributed by atoms with Crippen molar-refractivity contribution in [1.29, 1.82) is 0 Å². The van der Waals surface area contributed by atoms with Gasteiger partial charge in [0.2, 0.25) is 0 Å². The molecule has 1 fully saturated rings. The van der Waals surface area contributed by atoms with Crippen LogP contribution in [-0.4, -0.2) is 22.2 Å². The Bertz CT molecular complexity index is 887. The van der Waals surface area contributed by atoms with Gasteiger partial charge in [0.1, 0.15) is 4.83 Å². The molecule has 0 spiro atoms. The van der Waals surface area contributed by atoms with Gasteiger partial charge < -0.3 is 5.32 Å². The lowest BCUT2D eigenvalue weighted by atomic mass is 10.1. The van der Waals surface area contributed by atoms with E-state index >= 15 is 0 Å². The molecule has 2 heterocycles. The lowest BCUT2D eigenvalue weighted by Gasteiger charge is -2.04. The van der Waals surface area contributed by atoms with Crippen molar-refractivity contribution in [3.8, 4) is 0 Å². The highest BCUT2D eigenvalue weighted by atomic mass is 32.1. The Kier molecular flexibility index (Phi) is 3.88. The molecule has 0 unspecified atom stereocenters. The van der Waals surface area contributed by atoms with Crippen LogP contribution in [0.15, 0.2) is 30.3 Å². The summed E-state index contributed by atoms with van der Waals surface area (Å²) in [5.41, 5.74) is 3.46. The highest BCUT2D eigenvalue weighted by Gasteiger charge is 2.23. The Morgan fingerprint density at radius 1 is 1.29 bits per heavy atom. The Balaban J connectivity index is 1.59. The summed E-state index contributed by atoms with van der Waals surface area (Å²) in [6, 6.07) is 10.5. The summed E-state index contributed by atoms with van der Waals surface area (Å²) >= 11 is 1.54. The van der Waals surface area contributed by atoms with Crippen molar-refractivity contribution in [2.75, 3.05) is 6.54 Å². The molecule has 0 saturated heterocycles. The van der Waals surface area contributed by atoms with Gasteiger partial charge in [-0.3, -0.25) is 9.48 Å². The van der Waals surface area contributed by atoms with Gasteiger partial charge in [0.15, 0.2) is 0 Å². The number of thiophene rings is 1. The number of aromatic nitrogens is 2. The van der Waals surface area contributed by atoms with E-state index in [1.807, 2.05) is 17.7 Å². The first-order valence-electron chi connectivity index (χ1n) is 8.41. The molecule has 1 amide bonds. The van der Waals surface area contributed by atoms with E-state index < -0.39 is 0 Å². The summed E-state index contributed by atoms with van der Waals surface area (Å²) in [6.07, 6.45) is 2.49. The van der Waals surface area contributed by atoms with Crippen LogP contribution in [0, 0.1) is 19.8 Å².